The minimum atomic E-state index is -0.305. The molecular formula is C68H53N3OS. The number of fused-ring (bicyclic) bond motifs is 6. The highest BCUT2D eigenvalue weighted by Gasteiger charge is 2.36. The van der Waals surface area contributed by atoms with Crippen molar-refractivity contribution in [2.75, 3.05) is 14.7 Å². The van der Waals surface area contributed by atoms with Crippen molar-refractivity contribution >= 4 is 94.8 Å². The van der Waals surface area contributed by atoms with Gasteiger partial charge < -0.3 is 19.1 Å². The smallest absolute Gasteiger partial charge is 0.137 e. The number of furan rings is 1. The molecule has 5 heteroatoms. The van der Waals surface area contributed by atoms with Gasteiger partial charge in [-0.3, -0.25) is 0 Å². The number of hydrogen-bond acceptors (Lipinski definition) is 5. The molecular weight excluding hydrogens is 907 g/mol. The highest BCUT2D eigenvalue weighted by molar-refractivity contribution is 7.19. The Morgan fingerprint density at radius 1 is 0.479 bits per heavy atom. The van der Waals surface area contributed by atoms with Gasteiger partial charge in [-0.25, -0.2) is 0 Å². The monoisotopic (exact) mass is 959 g/mol. The van der Waals surface area contributed by atoms with E-state index in [9.17, 15) is 0 Å². The zero-order valence-corrected chi connectivity index (χ0v) is 41.7. The number of rotatable bonds is 11. The molecule has 0 bridgehead atoms. The largest absolute Gasteiger partial charge is 0.456 e. The maximum absolute atomic E-state index is 6.70. The van der Waals surface area contributed by atoms with Crippen molar-refractivity contribution in [3.63, 3.8) is 0 Å². The fourth-order valence-corrected chi connectivity index (χ4v) is 12.5. The van der Waals surface area contributed by atoms with Crippen molar-refractivity contribution in [3.8, 4) is 11.1 Å². The van der Waals surface area contributed by atoms with Gasteiger partial charge >= 0.3 is 0 Å². The topological polar surface area (TPSA) is 22.9 Å². The average molecular weight is 960 g/mol. The Morgan fingerprint density at radius 3 is 1.64 bits per heavy atom. The van der Waals surface area contributed by atoms with Gasteiger partial charge in [-0.2, -0.15) is 0 Å². The molecule has 0 fully saturated rings. The van der Waals surface area contributed by atoms with Crippen LogP contribution in [-0.4, -0.2) is 5.54 Å². The molecule has 2 unspecified atom stereocenters. The first-order chi connectivity index (χ1) is 35.9. The second-order valence-corrected chi connectivity index (χ2v) is 20.7. The van der Waals surface area contributed by atoms with Crippen LogP contribution in [0.4, 0.5) is 39.8 Å². The van der Waals surface area contributed by atoms with E-state index in [-0.39, 0.29) is 5.54 Å². The van der Waals surface area contributed by atoms with Crippen LogP contribution in [0.1, 0.15) is 48.6 Å². The molecule has 0 aliphatic heterocycles. The Kier molecular flexibility index (Phi) is 11.2. The standard InChI is InChI=1S/C68H53N3OS/c1-47-41-59(71(55-32-30-50(31-33-55)48-19-8-3-9-20-48)68(2)40-18-23-51(46-68)49-21-10-4-11-22-49)43-63-61-38-35-58(45-66(61)73-67(47)63)70(54-28-16-7-17-29-54)57-34-37-60-62-42-56(36-39-64(62)72-65(60)44-57)69(52-24-12-5-13-25-52)53-26-14-6-15-27-53/h3-39,42-47H,40-41H2,1-2H3. The molecule has 0 saturated carbocycles. The number of para-hydroxylation sites is 3. The molecule has 0 radical (unpaired) electrons. The molecule has 0 N–H and O–H groups in total. The molecule has 352 valence electrons. The lowest BCUT2D eigenvalue weighted by Crippen LogP contribution is -2.45. The fourth-order valence-electron chi connectivity index (χ4n) is 11.3. The second-order valence-electron chi connectivity index (χ2n) is 19.6. The van der Waals surface area contributed by atoms with E-state index in [0.717, 1.165) is 68.9 Å². The number of thiophene rings is 1. The summed E-state index contributed by atoms with van der Waals surface area (Å²) in [6, 6.07) is 82.8. The maximum atomic E-state index is 6.70. The number of hydrogen-bond donors (Lipinski definition) is 0. The van der Waals surface area contributed by atoms with Crippen molar-refractivity contribution in [1.82, 2.24) is 0 Å². The molecule has 2 aliphatic carbocycles. The average Bonchev–Trinajstić information content (AvgIpc) is 4.00. The second kappa shape index (κ2) is 18.5. The summed E-state index contributed by atoms with van der Waals surface area (Å²) in [7, 11) is 0. The molecule has 2 heterocycles. The van der Waals surface area contributed by atoms with Gasteiger partial charge in [-0.05, 0) is 151 Å². The van der Waals surface area contributed by atoms with Gasteiger partial charge in [0.2, 0.25) is 0 Å². The predicted molar refractivity (Wildman–Crippen MR) is 310 cm³/mol. The molecule has 13 rings (SSSR count). The van der Waals surface area contributed by atoms with Gasteiger partial charge in [-0.1, -0.05) is 159 Å². The lowest BCUT2D eigenvalue weighted by Gasteiger charge is -2.45. The Hall–Kier alpha value is -8.64. The first-order valence-electron chi connectivity index (χ1n) is 25.3. The number of anilines is 7. The Morgan fingerprint density at radius 2 is 1.00 bits per heavy atom. The molecule has 4 nitrogen and oxygen atoms in total. The summed E-state index contributed by atoms with van der Waals surface area (Å²) < 4.78 is 7.98. The SMILES string of the molecule is CC1CC(N(c2ccc(-c3ccccc3)cc2)C2(C)C=C(c3ccccc3)C=CC2)=Cc2c1sc1cc(N(c3ccccc3)c3ccc4c(c3)oc3ccc(N(c5ccccc5)c5ccccc5)cc34)ccc21. The predicted octanol–water partition coefficient (Wildman–Crippen LogP) is 19.6. The molecule has 2 atom stereocenters. The van der Waals surface area contributed by atoms with Crippen LogP contribution in [0, 0.1) is 0 Å². The number of nitrogens with zero attached hydrogens (tertiary/aromatic N) is 3. The van der Waals surface area contributed by atoms with Crippen LogP contribution < -0.4 is 14.7 Å². The van der Waals surface area contributed by atoms with Crippen molar-refractivity contribution < 1.29 is 4.42 Å². The van der Waals surface area contributed by atoms with E-state index >= 15 is 0 Å². The molecule has 2 aromatic heterocycles. The number of benzene rings is 9. The normalized spacial score (nSPS) is 16.3. The summed E-state index contributed by atoms with van der Waals surface area (Å²) in [4.78, 5) is 8.74. The van der Waals surface area contributed by atoms with Crippen LogP contribution >= 0.6 is 11.3 Å². The Balaban J connectivity index is 0.887. The van der Waals surface area contributed by atoms with E-state index in [4.69, 9.17) is 4.42 Å². The molecule has 0 spiro atoms. The summed E-state index contributed by atoms with van der Waals surface area (Å²) in [5.41, 5.74) is 16.7. The first-order valence-corrected chi connectivity index (χ1v) is 26.2. The third-order valence-corrected chi connectivity index (χ3v) is 16.1. The lowest BCUT2D eigenvalue weighted by atomic mass is 9.83. The third kappa shape index (κ3) is 8.22. The summed E-state index contributed by atoms with van der Waals surface area (Å²) in [5, 5.41) is 3.45. The lowest BCUT2D eigenvalue weighted by molar-refractivity contribution is 0.536. The zero-order chi connectivity index (χ0) is 48.9. The highest BCUT2D eigenvalue weighted by Crippen LogP contribution is 2.50. The first kappa shape index (κ1) is 44.3. The molecule has 73 heavy (non-hydrogen) atoms. The van der Waals surface area contributed by atoms with E-state index in [1.807, 2.05) is 11.3 Å². The van der Waals surface area contributed by atoms with Crippen LogP contribution in [-0.2, 0) is 0 Å². The van der Waals surface area contributed by atoms with Crippen molar-refractivity contribution in [3.05, 3.63) is 270 Å². The van der Waals surface area contributed by atoms with E-state index in [2.05, 4.69) is 283 Å². The molecule has 0 amide bonds. The maximum Gasteiger partial charge on any atom is 0.137 e. The minimum Gasteiger partial charge on any atom is -0.456 e. The van der Waals surface area contributed by atoms with Crippen molar-refractivity contribution in [2.45, 2.75) is 38.1 Å². The van der Waals surface area contributed by atoms with Gasteiger partial charge in [0.1, 0.15) is 11.2 Å². The van der Waals surface area contributed by atoms with Gasteiger partial charge in [0, 0.05) is 77.3 Å². The van der Waals surface area contributed by atoms with Crippen LogP contribution in [0.2, 0.25) is 0 Å². The summed E-state index contributed by atoms with van der Waals surface area (Å²) in [6.45, 7) is 4.82. The van der Waals surface area contributed by atoms with E-state index < -0.39 is 0 Å². The van der Waals surface area contributed by atoms with Gasteiger partial charge in [-0.15, -0.1) is 11.3 Å². The van der Waals surface area contributed by atoms with Crippen LogP contribution in [0.15, 0.2) is 259 Å². The molecule has 9 aromatic carbocycles. The zero-order valence-electron chi connectivity index (χ0n) is 40.9. The Labute approximate surface area is 431 Å². The van der Waals surface area contributed by atoms with Gasteiger partial charge in [0.05, 0.1) is 5.54 Å². The summed E-state index contributed by atoms with van der Waals surface area (Å²) in [6.07, 6.45) is 11.5. The minimum absolute atomic E-state index is 0.305. The molecule has 2 aliphatic rings. The van der Waals surface area contributed by atoms with E-state index in [1.54, 1.807) is 0 Å². The van der Waals surface area contributed by atoms with Crippen molar-refractivity contribution in [1.29, 1.82) is 0 Å². The van der Waals surface area contributed by atoms with Gasteiger partial charge in [0.15, 0.2) is 0 Å². The fraction of sp³-hybridized carbons (Fsp3) is 0.0882. The Bertz CT molecular complexity index is 3840. The highest BCUT2D eigenvalue weighted by atomic mass is 32.1. The van der Waals surface area contributed by atoms with Gasteiger partial charge in [0.25, 0.3) is 0 Å². The molecule has 0 saturated heterocycles. The number of allylic oxidation sites excluding steroid dienone is 3. The van der Waals surface area contributed by atoms with Crippen molar-refractivity contribution in [2.24, 2.45) is 0 Å². The van der Waals surface area contributed by atoms with Crippen LogP contribution in [0.25, 0.3) is 54.8 Å². The van der Waals surface area contributed by atoms with E-state index in [0.29, 0.717) is 5.92 Å². The van der Waals surface area contributed by atoms with Crippen LogP contribution in [0.3, 0.4) is 0 Å². The van der Waals surface area contributed by atoms with E-state index in [1.165, 1.54) is 54.2 Å². The summed E-state index contributed by atoms with van der Waals surface area (Å²) >= 11 is 1.94. The molecule has 11 aromatic rings. The quantitative estimate of drug-likeness (QED) is 0.129. The third-order valence-electron chi connectivity index (χ3n) is 14.7. The summed E-state index contributed by atoms with van der Waals surface area (Å²) in [5.74, 6) is 0.330. The van der Waals surface area contributed by atoms with Crippen LogP contribution in [0.5, 0.6) is 0 Å².